The molecule has 0 unspecified atom stereocenters. The van der Waals surface area contributed by atoms with Gasteiger partial charge in [-0.05, 0) is 34.9 Å². The molecule has 1 aliphatic rings. The topological polar surface area (TPSA) is 60.2 Å². The van der Waals surface area contributed by atoms with Crippen LogP contribution in [0.25, 0.3) is 11.1 Å². The molecule has 0 saturated heterocycles. The number of ether oxygens (including phenoxy) is 1. The van der Waals surface area contributed by atoms with Crippen LogP contribution in [0.5, 0.6) is 5.75 Å². The maximum absolute atomic E-state index is 13.1. The molecule has 154 valence electrons. The lowest BCUT2D eigenvalue weighted by Gasteiger charge is -2.16. The van der Waals surface area contributed by atoms with Crippen LogP contribution < -0.4 is 4.74 Å². The molecule has 5 rings (SSSR count). The summed E-state index contributed by atoms with van der Waals surface area (Å²) in [7, 11) is 1.91. The van der Waals surface area contributed by atoms with E-state index in [1.54, 1.807) is 10.9 Å². The molecule has 6 heteroatoms. The molecule has 0 atom stereocenters. The van der Waals surface area contributed by atoms with Crippen molar-refractivity contribution in [3.05, 3.63) is 102 Å². The van der Waals surface area contributed by atoms with Gasteiger partial charge in [0.1, 0.15) is 12.4 Å². The van der Waals surface area contributed by atoms with E-state index >= 15 is 0 Å². The van der Waals surface area contributed by atoms with Crippen molar-refractivity contribution in [1.29, 1.82) is 0 Å². The largest absolute Gasteiger partial charge is 0.486 e. The van der Waals surface area contributed by atoms with Crippen molar-refractivity contribution >= 4 is 5.91 Å². The van der Waals surface area contributed by atoms with Gasteiger partial charge in [0.15, 0.2) is 0 Å². The number of rotatable bonds is 6. The van der Waals surface area contributed by atoms with Gasteiger partial charge in [-0.1, -0.05) is 42.5 Å². The van der Waals surface area contributed by atoms with Crippen molar-refractivity contribution in [3.8, 4) is 16.9 Å². The van der Waals surface area contributed by atoms with Gasteiger partial charge in [0.05, 0.1) is 17.5 Å². The minimum atomic E-state index is 0.00274. The number of carbonyl (C=O) groups excluding carboxylic acids is 1. The van der Waals surface area contributed by atoms with Crippen LogP contribution in [0.2, 0.25) is 0 Å². The highest BCUT2D eigenvalue weighted by Crippen LogP contribution is 2.32. The molecule has 2 aromatic carbocycles. The van der Waals surface area contributed by atoms with E-state index in [1.165, 1.54) is 0 Å². The molecule has 0 N–H and O–H groups in total. The Morgan fingerprint density at radius 2 is 1.87 bits per heavy atom. The molecule has 0 saturated carbocycles. The Morgan fingerprint density at radius 1 is 1.00 bits per heavy atom. The van der Waals surface area contributed by atoms with Gasteiger partial charge >= 0.3 is 0 Å². The number of aromatic nitrogens is 3. The van der Waals surface area contributed by atoms with Crippen LogP contribution in [-0.4, -0.2) is 25.6 Å². The predicted octanol–water partition coefficient (Wildman–Crippen LogP) is 4.22. The van der Waals surface area contributed by atoms with Gasteiger partial charge in [-0.25, -0.2) is 0 Å². The fourth-order valence-electron chi connectivity index (χ4n) is 3.86. The number of amides is 1. The number of hydrogen-bond donors (Lipinski definition) is 0. The Labute approximate surface area is 180 Å². The third-order valence-corrected chi connectivity index (χ3v) is 5.44. The highest BCUT2D eigenvalue weighted by atomic mass is 16.5. The Balaban J connectivity index is 1.30. The zero-order valence-electron chi connectivity index (χ0n) is 17.2. The fourth-order valence-corrected chi connectivity index (χ4v) is 3.86. The number of pyridine rings is 1. The number of carbonyl (C=O) groups is 1. The Morgan fingerprint density at radius 3 is 2.61 bits per heavy atom. The number of aryl methyl sites for hydroxylation is 1. The van der Waals surface area contributed by atoms with Crippen LogP contribution in [0, 0.1) is 0 Å². The predicted molar refractivity (Wildman–Crippen MR) is 117 cm³/mol. The van der Waals surface area contributed by atoms with Crippen molar-refractivity contribution in [1.82, 2.24) is 19.7 Å². The summed E-state index contributed by atoms with van der Waals surface area (Å²) in [6.45, 7) is 1.47. The Bertz CT molecular complexity index is 1220. The molecule has 1 aliphatic heterocycles. The van der Waals surface area contributed by atoms with E-state index in [-0.39, 0.29) is 5.91 Å². The van der Waals surface area contributed by atoms with E-state index < -0.39 is 0 Å². The van der Waals surface area contributed by atoms with E-state index in [4.69, 9.17) is 4.74 Å². The molecule has 0 fully saturated rings. The van der Waals surface area contributed by atoms with Gasteiger partial charge in [-0.3, -0.25) is 14.5 Å². The number of fused-ring (bicyclic) bond motifs is 1. The minimum Gasteiger partial charge on any atom is -0.486 e. The SMILES string of the molecule is Cn1cc(-c2ccc(CN3Cc4cccc(OCc5ccccn5)c4C3=O)cc2)cn1. The van der Waals surface area contributed by atoms with Crippen LogP contribution in [0.15, 0.2) is 79.3 Å². The molecule has 4 aromatic rings. The molecular formula is C25H22N4O2. The highest BCUT2D eigenvalue weighted by molar-refractivity contribution is 6.01. The maximum Gasteiger partial charge on any atom is 0.258 e. The van der Waals surface area contributed by atoms with E-state index in [9.17, 15) is 4.79 Å². The van der Waals surface area contributed by atoms with Crippen LogP contribution in [0.4, 0.5) is 0 Å². The quantitative estimate of drug-likeness (QED) is 0.478. The smallest absolute Gasteiger partial charge is 0.258 e. The van der Waals surface area contributed by atoms with Crippen molar-refractivity contribution < 1.29 is 9.53 Å². The second-order valence-electron chi connectivity index (χ2n) is 7.66. The van der Waals surface area contributed by atoms with Gasteiger partial charge in [0.2, 0.25) is 0 Å². The second-order valence-corrected chi connectivity index (χ2v) is 7.66. The number of hydrogen-bond acceptors (Lipinski definition) is 4. The summed E-state index contributed by atoms with van der Waals surface area (Å²) in [6, 6.07) is 19.8. The fraction of sp³-hybridized carbons (Fsp3) is 0.160. The third-order valence-electron chi connectivity index (χ3n) is 5.44. The lowest BCUT2D eigenvalue weighted by Crippen LogP contribution is -2.23. The van der Waals surface area contributed by atoms with Crippen LogP contribution in [0.3, 0.4) is 0 Å². The molecule has 0 bridgehead atoms. The summed E-state index contributed by atoms with van der Waals surface area (Å²) in [5, 5.41) is 4.22. The lowest BCUT2D eigenvalue weighted by atomic mass is 10.1. The van der Waals surface area contributed by atoms with Crippen molar-refractivity contribution in [2.75, 3.05) is 0 Å². The average molecular weight is 410 g/mol. The summed E-state index contributed by atoms with van der Waals surface area (Å²) in [5.41, 5.74) is 5.76. The lowest BCUT2D eigenvalue weighted by molar-refractivity contribution is 0.0763. The van der Waals surface area contributed by atoms with E-state index in [0.29, 0.717) is 31.0 Å². The zero-order chi connectivity index (χ0) is 21.2. The molecule has 2 aromatic heterocycles. The average Bonchev–Trinajstić information content (AvgIpc) is 3.37. The van der Waals surface area contributed by atoms with Gasteiger partial charge in [0, 0.05) is 38.1 Å². The molecule has 3 heterocycles. The third kappa shape index (κ3) is 3.92. The number of benzene rings is 2. The first kappa shape index (κ1) is 19.1. The monoisotopic (exact) mass is 410 g/mol. The molecule has 6 nitrogen and oxygen atoms in total. The summed E-state index contributed by atoms with van der Waals surface area (Å²) in [5.74, 6) is 0.616. The minimum absolute atomic E-state index is 0.00274. The van der Waals surface area contributed by atoms with Crippen molar-refractivity contribution in [2.45, 2.75) is 19.7 Å². The second kappa shape index (κ2) is 8.07. The number of nitrogens with zero attached hydrogens (tertiary/aromatic N) is 4. The van der Waals surface area contributed by atoms with Gasteiger partial charge in [-0.2, -0.15) is 5.10 Å². The zero-order valence-corrected chi connectivity index (χ0v) is 17.2. The Kier molecular flexibility index (Phi) is 4.96. The van der Waals surface area contributed by atoms with E-state index in [2.05, 4.69) is 34.3 Å². The summed E-state index contributed by atoms with van der Waals surface area (Å²) < 4.78 is 7.74. The maximum atomic E-state index is 13.1. The van der Waals surface area contributed by atoms with Crippen LogP contribution in [-0.2, 0) is 26.7 Å². The summed E-state index contributed by atoms with van der Waals surface area (Å²) >= 11 is 0. The van der Waals surface area contributed by atoms with Gasteiger partial charge in [-0.15, -0.1) is 0 Å². The van der Waals surface area contributed by atoms with Crippen LogP contribution in [0.1, 0.15) is 27.2 Å². The van der Waals surface area contributed by atoms with Gasteiger partial charge in [0.25, 0.3) is 5.91 Å². The van der Waals surface area contributed by atoms with Gasteiger partial charge < -0.3 is 9.64 Å². The normalized spacial score (nSPS) is 12.8. The van der Waals surface area contributed by atoms with Crippen molar-refractivity contribution in [2.24, 2.45) is 7.05 Å². The van der Waals surface area contributed by atoms with E-state index in [0.717, 1.165) is 27.9 Å². The van der Waals surface area contributed by atoms with Crippen LogP contribution >= 0.6 is 0 Å². The summed E-state index contributed by atoms with van der Waals surface area (Å²) in [4.78, 5) is 19.3. The van der Waals surface area contributed by atoms with E-state index in [1.807, 2.05) is 60.7 Å². The first-order chi connectivity index (χ1) is 15.2. The molecule has 0 spiro atoms. The first-order valence-corrected chi connectivity index (χ1v) is 10.2. The summed E-state index contributed by atoms with van der Waals surface area (Å²) in [6.07, 6.45) is 5.57. The molecular weight excluding hydrogens is 388 g/mol. The first-order valence-electron chi connectivity index (χ1n) is 10.2. The van der Waals surface area contributed by atoms with Crippen molar-refractivity contribution in [3.63, 3.8) is 0 Å². The molecule has 0 radical (unpaired) electrons. The molecule has 31 heavy (non-hydrogen) atoms. The molecule has 1 amide bonds. The molecule has 0 aliphatic carbocycles. The standard InChI is InChI=1S/C25H22N4O2/c1-28-15-21(13-27-28)19-10-8-18(9-11-19)14-29-16-20-5-4-7-23(24(20)25(29)30)31-17-22-6-2-3-12-26-22/h2-13,15H,14,16-17H2,1H3. The highest BCUT2D eigenvalue weighted by Gasteiger charge is 2.30. The Hall–Kier alpha value is -3.93.